The molecule has 6 nitrogen and oxygen atoms in total. The molecule has 0 spiro atoms. The molecule has 0 amide bonds. The summed E-state index contributed by atoms with van der Waals surface area (Å²) in [6.07, 6.45) is 7.60. The van der Waals surface area contributed by atoms with E-state index in [2.05, 4.69) is 21.2 Å². The largest absolute Gasteiger partial charge is 0.276 e. The van der Waals surface area contributed by atoms with Crippen LogP contribution in [-0.2, 0) is 16.4 Å². The number of piperidine rings is 1. The van der Waals surface area contributed by atoms with E-state index >= 15 is 0 Å². The minimum Gasteiger partial charge on any atom is -0.276 e. The first-order chi connectivity index (χ1) is 10.5. The fourth-order valence-corrected chi connectivity index (χ4v) is 3.80. The molecule has 1 saturated heterocycles. The number of H-pyrrole nitrogens is 1. The molecule has 118 valence electrons. The fourth-order valence-electron chi connectivity index (χ4n) is 2.93. The molecular weight excluding hydrogens is 300 g/mol. The van der Waals surface area contributed by atoms with E-state index in [0.717, 1.165) is 30.7 Å². The maximum Gasteiger partial charge on any atom is 0.211 e. The first-order valence-corrected chi connectivity index (χ1v) is 9.27. The molecule has 0 radical (unpaired) electrons. The zero-order valence-electron chi connectivity index (χ0n) is 12.6. The van der Waals surface area contributed by atoms with E-state index in [1.165, 1.54) is 11.8 Å². The summed E-state index contributed by atoms with van der Waals surface area (Å²) < 4.78 is 24.6. The van der Waals surface area contributed by atoms with Gasteiger partial charge < -0.3 is 0 Å². The van der Waals surface area contributed by atoms with Gasteiger partial charge in [-0.05, 0) is 48.9 Å². The Balaban J connectivity index is 1.64. The number of hydrogen-bond acceptors (Lipinski definition) is 4. The Morgan fingerprint density at radius 3 is 2.68 bits per heavy atom. The van der Waals surface area contributed by atoms with Crippen LogP contribution in [0.25, 0.3) is 11.4 Å². The minimum absolute atomic E-state index is 0.523. The highest BCUT2D eigenvalue weighted by Gasteiger charge is 2.24. The molecule has 1 aliphatic heterocycles. The van der Waals surface area contributed by atoms with E-state index in [4.69, 9.17) is 0 Å². The first-order valence-electron chi connectivity index (χ1n) is 7.42. The van der Waals surface area contributed by atoms with E-state index in [1.54, 1.807) is 10.5 Å². The number of sulfonamides is 1. The molecule has 0 saturated carbocycles. The summed E-state index contributed by atoms with van der Waals surface area (Å²) in [5.74, 6) is 0.523. The van der Waals surface area contributed by atoms with Crippen molar-refractivity contribution in [3.05, 3.63) is 36.2 Å². The predicted octanol–water partition coefficient (Wildman–Crippen LogP) is 1.69. The van der Waals surface area contributed by atoms with Crippen molar-refractivity contribution in [1.82, 2.24) is 19.5 Å². The molecule has 1 N–H and O–H groups in total. The lowest BCUT2D eigenvalue weighted by atomic mass is 9.91. The minimum atomic E-state index is -3.05. The van der Waals surface area contributed by atoms with E-state index < -0.39 is 10.0 Å². The van der Waals surface area contributed by atoms with Crippen molar-refractivity contribution < 1.29 is 8.42 Å². The summed E-state index contributed by atoms with van der Waals surface area (Å²) >= 11 is 0. The number of pyridine rings is 1. The van der Waals surface area contributed by atoms with E-state index in [0.29, 0.717) is 19.0 Å². The molecule has 0 bridgehead atoms. The van der Waals surface area contributed by atoms with Crippen LogP contribution in [0.2, 0.25) is 0 Å². The van der Waals surface area contributed by atoms with Gasteiger partial charge in [0.2, 0.25) is 10.0 Å². The molecule has 0 unspecified atom stereocenters. The number of aromatic amines is 1. The molecule has 1 fully saturated rings. The van der Waals surface area contributed by atoms with E-state index in [9.17, 15) is 8.42 Å². The van der Waals surface area contributed by atoms with Crippen LogP contribution in [0, 0.1) is 5.92 Å². The van der Waals surface area contributed by atoms with Crippen molar-refractivity contribution in [1.29, 1.82) is 0 Å². The standard InChI is InChI=1S/C15H20N4O2S/c1-22(20,21)19-8-4-12(5-9-19)10-13-2-6-16-15(11-13)14-3-7-17-18-14/h2-3,6-7,11-12H,4-5,8-10H2,1H3,(H,17,18). The molecule has 3 rings (SSSR count). The molecule has 0 atom stereocenters. The summed E-state index contributed by atoms with van der Waals surface area (Å²) in [6, 6.07) is 6.01. The van der Waals surface area contributed by atoms with Crippen molar-refractivity contribution in [3.8, 4) is 11.4 Å². The van der Waals surface area contributed by atoms with Crippen LogP contribution in [-0.4, -0.2) is 47.2 Å². The molecule has 22 heavy (non-hydrogen) atoms. The van der Waals surface area contributed by atoms with Crippen LogP contribution >= 0.6 is 0 Å². The Morgan fingerprint density at radius 2 is 2.05 bits per heavy atom. The third kappa shape index (κ3) is 3.53. The lowest BCUT2D eigenvalue weighted by molar-refractivity contribution is 0.274. The van der Waals surface area contributed by atoms with Gasteiger partial charge in [0.25, 0.3) is 0 Å². The number of rotatable bonds is 4. The fraction of sp³-hybridized carbons (Fsp3) is 0.467. The van der Waals surface area contributed by atoms with Gasteiger partial charge in [0.1, 0.15) is 0 Å². The third-order valence-corrected chi connectivity index (χ3v) is 5.47. The second-order valence-corrected chi connectivity index (χ2v) is 7.81. The second kappa shape index (κ2) is 6.18. The second-order valence-electron chi connectivity index (χ2n) is 5.83. The molecule has 0 aliphatic carbocycles. The van der Waals surface area contributed by atoms with Gasteiger partial charge in [-0.3, -0.25) is 10.1 Å². The van der Waals surface area contributed by atoms with Gasteiger partial charge in [-0.25, -0.2) is 12.7 Å². The van der Waals surface area contributed by atoms with Gasteiger partial charge >= 0.3 is 0 Å². The Bertz CT molecular complexity index is 720. The van der Waals surface area contributed by atoms with Crippen molar-refractivity contribution in [2.24, 2.45) is 5.92 Å². The number of hydrogen-bond donors (Lipinski definition) is 1. The maximum atomic E-state index is 11.5. The molecule has 2 aromatic rings. The first kappa shape index (κ1) is 15.2. The summed E-state index contributed by atoms with van der Waals surface area (Å²) in [6.45, 7) is 1.25. The predicted molar refractivity (Wildman–Crippen MR) is 84.7 cm³/mol. The van der Waals surface area contributed by atoms with Gasteiger partial charge in [-0.1, -0.05) is 0 Å². The van der Waals surface area contributed by atoms with Crippen molar-refractivity contribution in [2.45, 2.75) is 19.3 Å². The SMILES string of the molecule is CS(=O)(=O)N1CCC(Cc2ccnc(-c3ccn[nH]3)c2)CC1. The van der Waals surface area contributed by atoms with Gasteiger partial charge in [0.15, 0.2) is 0 Å². The Hall–Kier alpha value is -1.73. The Labute approximate surface area is 130 Å². The van der Waals surface area contributed by atoms with Crippen LogP contribution in [0.15, 0.2) is 30.6 Å². The van der Waals surface area contributed by atoms with Crippen molar-refractivity contribution >= 4 is 10.0 Å². The topological polar surface area (TPSA) is 79.0 Å². The zero-order chi connectivity index (χ0) is 15.6. The molecule has 7 heteroatoms. The summed E-state index contributed by atoms with van der Waals surface area (Å²) in [5.41, 5.74) is 3.04. The van der Waals surface area contributed by atoms with Gasteiger partial charge in [-0.15, -0.1) is 0 Å². The molecule has 1 aliphatic rings. The molecular formula is C15H20N4O2S. The third-order valence-electron chi connectivity index (χ3n) is 4.17. The van der Waals surface area contributed by atoms with Crippen LogP contribution < -0.4 is 0 Å². The highest BCUT2D eigenvalue weighted by atomic mass is 32.2. The Kier molecular flexibility index (Phi) is 4.26. The average Bonchev–Trinajstić information content (AvgIpc) is 3.01. The molecule has 0 aromatic carbocycles. The van der Waals surface area contributed by atoms with E-state index in [-0.39, 0.29) is 0 Å². The number of nitrogens with zero attached hydrogens (tertiary/aromatic N) is 3. The van der Waals surface area contributed by atoms with Crippen LogP contribution in [0.3, 0.4) is 0 Å². The average molecular weight is 320 g/mol. The highest BCUT2D eigenvalue weighted by Crippen LogP contribution is 2.24. The normalized spacial score (nSPS) is 17.7. The molecule has 2 aromatic heterocycles. The lowest BCUT2D eigenvalue weighted by Crippen LogP contribution is -2.38. The Morgan fingerprint density at radius 1 is 1.27 bits per heavy atom. The van der Waals surface area contributed by atoms with Crippen molar-refractivity contribution in [3.63, 3.8) is 0 Å². The van der Waals surface area contributed by atoms with Crippen LogP contribution in [0.1, 0.15) is 18.4 Å². The summed E-state index contributed by atoms with van der Waals surface area (Å²) in [4.78, 5) is 4.36. The van der Waals surface area contributed by atoms with Crippen molar-refractivity contribution in [2.75, 3.05) is 19.3 Å². The lowest BCUT2D eigenvalue weighted by Gasteiger charge is -2.30. The van der Waals surface area contributed by atoms with Gasteiger partial charge in [0, 0.05) is 25.5 Å². The molecule has 3 heterocycles. The quantitative estimate of drug-likeness (QED) is 0.929. The monoisotopic (exact) mass is 320 g/mol. The maximum absolute atomic E-state index is 11.5. The van der Waals surface area contributed by atoms with Gasteiger partial charge in [0.05, 0.1) is 17.6 Å². The highest BCUT2D eigenvalue weighted by molar-refractivity contribution is 7.88. The summed E-state index contributed by atoms with van der Waals surface area (Å²) in [5, 5.41) is 6.87. The zero-order valence-corrected chi connectivity index (χ0v) is 13.4. The van der Waals surface area contributed by atoms with Gasteiger partial charge in [-0.2, -0.15) is 5.10 Å². The number of aromatic nitrogens is 3. The number of nitrogens with one attached hydrogen (secondary N) is 1. The summed E-state index contributed by atoms with van der Waals surface area (Å²) in [7, 11) is -3.05. The van der Waals surface area contributed by atoms with Crippen LogP contribution in [0.5, 0.6) is 0 Å². The van der Waals surface area contributed by atoms with E-state index in [1.807, 2.05) is 18.3 Å². The van der Waals surface area contributed by atoms with Crippen LogP contribution in [0.4, 0.5) is 0 Å². The smallest absolute Gasteiger partial charge is 0.211 e.